The summed E-state index contributed by atoms with van der Waals surface area (Å²) >= 11 is 0. The van der Waals surface area contributed by atoms with E-state index in [1.54, 1.807) is 6.92 Å². The lowest BCUT2D eigenvalue weighted by atomic mass is 10.0. The van der Waals surface area contributed by atoms with Gasteiger partial charge in [0.1, 0.15) is 17.3 Å². The summed E-state index contributed by atoms with van der Waals surface area (Å²) in [6.45, 7) is 8.83. The van der Waals surface area contributed by atoms with Crippen molar-refractivity contribution in [3.63, 3.8) is 0 Å². The van der Waals surface area contributed by atoms with Gasteiger partial charge >= 0.3 is 5.69 Å². The third kappa shape index (κ3) is 6.07. The van der Waals surface area contributed by atoms with E-state index in [4.69, 9.17) is 5.73 Å². The molecule has 1 aliphatic rings. The Morgan fingerprint density at radius 1 is 0.810 bits per heavy atom. The molecule has 1 fully saturated rings. The summed E-state index contributed by atoms with van der Waals surface area (Å²) in [7, 11) is 0. The molecule has 5 rings (SSSR count). The zero-order chi connectivity index (χ0) is 30.0. The molecule has 1 saturated heterocycles. The van der Waals surface area contributed by atoms with Crippen LogP contribution in [0.15, 0.2) is 76.3 Å². The highest BCUT2D eigenvalue weighted by Gasteiger charge is 2.27. The largest absolute Gasteiger partial charge is 0.363 e. The Kier molecular flexibility index (Phi) is 8.70. The maximum atomic E-state index is 14.7. The second kappa shape index (κ2) is 12.4. The fourth-order valence-corrected chi connectivity index (χ4v) is 5.68. The summed E-state index contributed by atoms with van der Waals surface area (Å²) in [5.74, 6) is -1.50. The molecule has 7 nitrogen and oxygen atoms in total. The van der Waals surface area contributed by atoms with Crippen LogP contribution < -0.4 is 21.9 Å². The van der Waals surface area contributed by atoms with Crippen molar-refractivity contribution in [2.24, 2.45) is 5.73 Å². The molecule has 2 N–H and O–H groups in total. The highest BCUT2D eigenvalue weighted by Crippen LogP contribution is 2.21. The average molecular weight is 574 g/mol. The second-order valence-electron chi connectivity index (χ2n) is 11.1. The van der Waals surface area contributed by atoms with Crippen LogP contribution in [-0.4, -0.2) is 40.2 Å². The molecule has 0 aliphatic carbocycles. The Labute approximate surface area is 244 Å². The van der Waals surface area contributed by atoms with Gasteiger partial charge in [0.2, 0.25) is 0 Å². The predicted molar refractivity (Wildman–Crippen MR) is 162 cm³/mol. The van der Waals surface area contributed by atoms with Crippen molar-refractivity contribution in [1.82, 2.24) is 14.0 Å². The molecule has 1 unspecified atom stereocenters. The van der Waals surface area contributed by atoms with Crippen LogP contribution in [0, 0.1) is 32.4 Å². The van der Waals surface area contributed by atoms with Gasteiger partial charge in [-0.25, -0.2) is 13.6 Å². The van der Waals surface area contributed by atoms with Gasteiger partial charge < -0.3 is 10.6 Å². The van der Waals surface area contributed by atoms with Gasteiger partial charge in [-0.05, 0) is 49.6 Å². The molecular formula is C33H37F2N5O2. The van der Waals surface area contributed by atoms with Crippen molar-refractivity contribution in [1.29, 1.82) is 0 Å². The minimum absolute atomic E-state index is 0.0681. The van der Waals surface area contributed by atoms with Crippen LogP contribution in [0.4, 0.5) is 14.5 Å². The molecule has 1 atom stereocenters. The van der Waals surface area contributed by atoms with Gasteiger partial charge in [-0.3, -0.25) is 18.8 Å². The topological polar surface area (TPSA) is 76.5 Å². The number of piperazine rings is 1. The Bertz CT molecular complexity index is 1670. The van der Waals surface area contributed by atoms with Crippen LogP contribution in [0.1, 0.15) is 39.6 Å². The van der Waals surface area contributed by atoms with Gasteiger partial charge in [0, 0.05) is 50.0 Å². The zero-order valence-corrected chi connectivity index (χ0v) is 24.3. The first-order chi connectivity index (χ1) is 20.1. The first kappa shape index (κ1) is 29.4. The molecule has 4 aromatic rings. The number of benzene rings is 3. The van der Waals surface area contributed by atoms with Gasteiger partial charge in [-0.1, -0.05) is 60.2 Å². The lowest BCUT2D eigenvalue weighted by Gasteiger charge is -2.37. The molecule has 0 saturated carbocycles. The van der Waals surface area contributed by atoms with Crippen LogP contribution in [-0.2, 0) is 19.6 Å². The SMILES string of the molecule is Cc1ccc(C)c(CN2CCN(c3c(C)n(Cc4c(F)cccc4F)c(=O)n(CC(N)c4ccccc4)c3=O)CC2)c1. The summed E-state index contributed by atoms with van der Waals surface area (Å²) < 4.78 is 31.8. The van der Waals surface area contributed by atoms with E-state index in [0.717, 1.165) is 41.9 Å². The highest BCUT2D eigenvalue weighted by molar-refractivity contribution is 5.50. The smallest absolute Gasteiger partial charge is 0.331 e. The van der Waals surface area contributed by atoms with Crippen molar-refractivity contribution < 1.29 is 8.78 Å². The highest BCUT2D eigenvalue weighted by atomic mass is 19.1. The number of halogens is 2. The third-order valence-corrected chi connectivity index (χ3v) is 8.23. The number of rotatable bonds is 8. The van der Waals surface area contributed by atoms with Gasteiger partial charge in [0.15, 0.2) is 0 Å². The fraction of sp³-hybridized carbons (Fsp3) is 0.333. The molecule has 3 aromatic carbocycles. The summed E-state index contributed by atoms with van der Waals surface area (Å²) in [5.41, 5.74) is 10.4. The second-order valence-corrected chi connectivity index (χ2v) is 11.1. The summed E-state index contributed by atoms with van der Waals surface area (Å²) in [6, 6.07) is 18.7. The zero-order valence-electron chi connectivity index (χ0n) is 24.3. The fourth-order valence-electron chi connectivity index (χ4n) is 5.68. The normalized spacial score (nSPS) is 14.8. The standard InChI is InChI=1S/C33H37F2N5O2/c1-22-12-13-23(2)26(18-22)19-37-14-16-38(17-15-37)31-24(3)39(20-27-28(34)10-7-11-29(27)35)33(42)40(32(31)41)21-30(36)25-8-5-4-6-9-25/h4-13,18,30H,14-17,19-21,36H2,1-3H3. The monoisotopic (exact) mass is 573 g/mol. The molecule has 42 heavy (non-hydrogen) atoms. The number of hydrogen-bond donors (Lipinski definition) is 1. The van der Waals surface area contributed by atoms with E-state index in [-0.39, 0.29) is 18.7 Å². The van der Waals surface area contributed by atoms with Crippen LogP contribution in [0.2, 0.25) is 0 Å². The quantitative estimate of drug-likeness (QED) is 0.341. The van der Waals surface area contributed by atoms with Crippen molar-refractivity contribution >= 4 is 5.69 Å². The number of nitrogens with zero attached hydrogens (tertiary/aromatic N) is 4. The Morgan fingerprint density at radius 3 is 2.14 bits per heavy atom. The van der Waals surface area contributed by atoms with Crippen LogP contribution in [0.25, 0.3) is 0 Å². The summed E-state index contributed by atoms with van der Waals surface area (Å²) in [4.78, 5) is 32.0. The van der Waals surface area contributed by atoms with E-state index in [1.807, 2.05) is 35.2 Å². The number of anilines is 1. The maximum absolute atomic E-state index is 14.7. The minimum Gasteiger partial charge on any atom is -0.363 e. The molecule has 0 amide bonds. The molecule has 9 heteroatoms. The molecule has 2 heterocycles. The molecule has 0 spiro atoms. The van der Waals surface area contributed by atoms with E-state index < -0.39 is 28.9 Å². The third-order valence-electron chi connectivity index (χ3n) is 8.23. The minimum atomic E-state index is -0.748. The lowest BCUT2D eigenvalue weighted by molar-refractivity contribution is 0.248. The van der Waals surface area contributed by atoms with E-state index in [1.165, 1.54) is 27.3 Å². The summed E-state index contributed by atoms with van der Waals surface area (Å²) in [6.07, 6.45) is 0. The Morgan fingerprint density at radius 2 is 1.48 bits per heavy atom. The van der Waals surface area contributed by atoms with Gasteiger partial charge in [0.05, 0.1) is 13.1 Å². The first-order valence-electron chi connectivity index (χ1n) is 14.2. The lowest BCUT2D eigenvalue weighted by Crippen LogP contribution is -2.51. The molecule has 0 bridgehead atoms. The van der Waals surface area contributed by atoms with Crippen LogP contribution >= 0.6 is 0 Å². The van der Waals surface area contributed by atoms with Crippen molar-refractivity contribution in [2.75, 3.05) is 31.1 Å². The first-order valence-corrected chi connectivity index (χ1v) is 14.2. The predicted octanol–water partition coefficient (Wildman–Crippen LogP) is 4.28. The average Bonchev–Trinajstić information content (AvgIpc) is 2.98. The number of aromatic nitrogens is 2. The van der Waals surface area contributed by atoms with Crippen molar-refractivity contribution in [3.8, 4) is 0 Å². The summed E-state index contributed by atoms with van der Waals surface area (Å²) in [5, 5.41) is 0. The molecule has 220 valence electrons. The van der Waals surface area contributed by atoms with Gasteiger partial charge in [-0.2, -0.15) is 0 Å². The molecular weight excluding hydrogens is 536 g/mol. The number of hydrogen-bond acceptors (Lipinski definition) is 5. The van der Waals surface area contributed by atoms with Gasteiger partial charge in [-0.15, -0.1) is 0 Å². The van der Waals surface area contributed by atoms with Gasteiger partial charge in [0.25, 0.3) is 5.56 Å². The van der Waals surface area contributed by atoms with E-state index >= 15 is 0 Å². The molecule has 1 aliphatic heterocycles. The van der Waals surface area contributed by atoms with E-state index in [2.05, 4.69) is 36.9 Å². The molecule has 0 radical (unpaired) electrons. The Balaban J connectivity index is 1.50. The number of nitrogens with two attached hydrogens (primary N) is 1. The van der Waals surface area contributed by atoms with Crippen molar-refractivity contribution in [2.45, 2.75) is 46.4 Å². The van der Waals surface area contributed by atoms with Crippen LogP contribution in [0.3, 0.4) is 0 Å². The molecule has 1 aromatic heterocycles. The number of aryl methyl sites for hydroxylation is 2. The van der Waals surface area contributed by atoms with E-state index in [0.29, 0.717) is 24.5 Å². The Hall–Kier alpha value is -4.08. The van der Waals surface area contributed by atoms with E-state index in [9.17, 15) is 18.4 Å². The maximum Gasteiger partial charge on any atom is 0.331 e. The van der Waals surface area contributed by atoms with Crippen LogP contribution in [0.5, 0.6) is 0 Å². The van der Waals surface area contributed by atoms with Crippen molar-refractivity contribution in [3.05, 3.63) is 133 Å².